The number of hydrogen-bond donors (Lipinski definition) is 2. The van der Waals surface area contributed by atoms with Gasteiger partial charge in [0.15, 0.2) is 5.49 Å². The molecule has 1 rings (SSSR count). The third-order valence-electron chi connectivity index (χ3n) is 1.21. The van der Waals surface area contributed by atoms with Crippen molar-refractivity contribution in [2.45, 2.75) is 0 Å². The first kappa shape index (κ1) is 8.73. The molecule has 0 saturated heterocycles. The van der Waals surface area contributed by atoms with E-state index in [4.69, 9.17) is 17.0 Å². The van der Waals surface area contributed by atoms with Crippen LogP contribution in [0.4, 0.5) is 4.79 Å². The van der Waals surface area contributed by atoms with Crippen molar-refractivity contribution >= 4 is 17.6 Å². The van der Waals surface area contributed by atoms with Crippen molar-refractivity contribution in [1.29, 1.82) is 5.41 Å². The Kier molecular flexibility index (Phi) is 2.44. The van der Waals surface area contributed by atoms with E-state index in [0.717, 1.165) is 4.68 Å². The normalized spacial score (nSPS) is 9.50. The summed E-state index contributed by atoms with van der Waals surface area (Å²) in [6.45, 7) is 0. The van der Waals surface area contributed by atoms with Crippen LogP contribution in [0, 0.1) is 5.41 Å². The second-order valence-electron chi connectivity index (χ2n) is 2.01. The third-order valence-corrected chi connectivity index (χ3v) is 1.41. The van der Waals surface area contributed by atoms with E-state index in [1.807, 2.05) is 0 Å². The average Bonchev–Trinajstić information content (AvgIpc) is 2.08. The fraction of sp³-hybridized carbons (Fsp3) is 0.167. The van der Waals surface area contributed by atoms with Crippen LogP contribution in [0.5, 0.6) is 0 Å². The van der Waals surface area contributed by atoms with Crippen LogP contribution in [0.1, 0.15) is 0 Å². The molecule has 0 saturated carbocycles. The Labute approximate surface area is 73.5 Å². The molecule has 1 amide bonds. The molecule has 5 nitrogen and oxygen atoms in total. The van der Waals surface area contributed by atoms with Gasteiger partial charge in [-0.2, -0.15) is 4.68 Å². The first-order chi connectivity index (χ1) is 5.65. The number of halogens is 1. The Morgan fingerprint density at radius 2 is 2.42 bits per heavy atom. The summed E-state index contributed by atoms with van der Waals surface area (Å²) in [5, 5.41) is 13.4. The van der Waals surface area contributed by atoms with Gasteiger partial charge in [-0.05, 0) is 12.1 Å². The summed E-state index contributed by atoms with van der Waals surface area (Å²) in [6.07, 6.45) is 0. The maximum absolute atomic E-state index is 11.0. The highest BCUT2D eigenvalue weighted by Gasteiger charge is 2.02. The van der Waals surface area contributed by atoms with Crippen molar-refractivity contribution < 1.29 is 4.79 Å². The highest BCUT2D eigenvalue weighted by atomic mass is 35.5. The minimum Gasteiger partial charge on any atom is -0.339 e. The molecule has 0 radical (unpaired) electrons. The van der Waals surface area contributed by atoms with Crippen LogP contribution in [-0.2, 0) is 0 Å². The molecule has 0 atom stereocenters. The minimum absolute atomic E-state index is 0.0150. The standard InChI is InChI=1S/C6H7ClN4O/c1-9-6(12)11-5(8)3-2-4(7)10-11/h2-3,8H,1H3,(H,9,12). The van der Waals surface area contributed by atoms with Gasteiger partial charge < -0.3 is 5.32 Å². The van der Waals surface area contributed by atoms with Crippen molar-refractivity contribution in [2.24, 2.45) is 0 Å². The molecule has 12 heavy (non-hydrogen) atoms. The van der Waals surface area contributed by atoms with Crippen molar-refractivity contribution in [3.63, 3.8) is 0 Å². The molecule has 0 aliphatic carbocycles. The molecule has 1 aromatic rings. The lowest BCUT2D eigenvalue weighted by Gasteiger charge is -2.01. The molecule has 64 valence electrons. The van der Waals surface area contributed by atoms with Crippen LogP contribution >= 0.6 is 11.6 Å². The van der Waals surface area contributed by atoms with E-state index in [1.165, 1.54) is 19.2 Å². The van der Waals surface area contributed by atoms with Crippen molar-refractivity contribution in [3.05, 3.63) is 22.8 Å². The van der Waals surface area contributed by atoms with Gasteiger partial charge in [-0.1, -0.05) is 11.6 Å². The number of aromatic nitrogens is 2. The quantitative estimate of drug-likeness (QED) is 0.608. The molecular weight excluding hydrogens is 180 g/mol. The van der Waals surface area contributed by atoms with Gasteiger partial charge in [0.25, 0.3) is 0 Å². The van der Waals surface area contributed by atoms with E-state index in [-0.39, 0.29) is 10.6 Å². The molecule has 6 heteroatoms. The lowest BCUT2D eigenvalue weighted by Crippen LogP contribution is -2.35. The maximum Gasteiger partial charge on any atom is 0.343 e. The fourth-order valence-corrected chi connectivity index (χ4v) is 0.800. The summed E-state index contributed by atoms with van der Waals surface area (Å²) >= 11 is 5.52. The summed E-state index contributed by atoms with van der Waals surface area (Å²) in [5.41, 5.74) is -0.0150. The molecule has 2 N–H and O–H groups in total. The summed E-state index contributed by atoms with van der Waals surface area (Å²) in [5.74, 6) is 0. The molecule has 0 unspecified atom stereocenters. The number of carbonyl (C=O) groups excluding carboxylic acids is 1. The molecule has 1 aromatic heterocycles. The molecule has 0 aliphatic rings. The zero-order valence-corrected chi connectivity index (χ0v) is 7.09. The van der Waals surface area contributed by atoms with E-state index >= 15 is 0 Å². The van der Waals surface area contributed by atoms with E-state index in [9.17, 15) is 4.79 Å². The number of nitrogens with one attached hydrogen (secondary N) is 2. The zero-order valence-electron chi connectivity index (χ0n) is 6.34. The van der Waals surface area contributed by atoms with Gasteiger partial charge in [0.05, 0.1) is 0 Å². The van der Waals surface area contributed by atoms with E-state index in [1.54, 1.807) is 0 Å². The SMILES string of the molecule is CNC(=O)n1nc(Cl)ccc1=N. The Hall–Kier alpha value is -1.36. The Morgan fingerprint density at radius 3 is 3.00 bits per heavy atom. The maximum atomic E-state index is 11.0. The topological polar surface area (TPSA) is 70.8 Å². The van der Waals surface area contributed by atoms with Crippen molar-refractivity contribution in [1.82, 2.24) is 15.1 Å². The van der Waals surface area contributed by atoms with Crippen molar-refractivity contribution in [2.75, 3.05) is 7.05 Å². The highest BCUT2D eigenvalue weighted by Crippen LogP contribution is 1.96. The number of hydrogen-bond acceptors (Lipinski definition) is 3. The predicted molar refractivity (Wildman–Crippen MR) is 42.9 cm³/mol. The Morgan fingerprint density at radius 1 is 1.75 bits per heavy atom. The summed E-state index contributed by atoms with van der Waals surface area (Å²) in [7, 11) is 1.46. The van der Waals surface area contributed by atoms with Crippen LogP contribution < -0.4 is 10.8 Å². The van der Waals surface area contributed by atoms with Gasteiger partial charge in [-0.3, -0.25) is 5.41 Å². The highest BCUT2D eigenvalue weighted by molar-refractivity contribution is 6.29. The molecule has 1 heterocycles. The van der Waals surface area contributed by atoms with Crippen molar-refractivity contribution in [3.8, 4) is 0 Å². The average molecular weight is 187 g/mol. The van der Waals surface area contributed by atoms with Gasteiger partial charge in [-0.15, -0.1) is 5.10 Å². The summed E-state index contributed by atoms with van der Waals surface area (Å²) in [6, 6.07) is 2.36. The van der Waals surface area contributed by atoms with Gasteiger partial charge in [0.1, 0.15) is 5.15 Å². The Bertz CT molecular complexity index is 359. The number of amides is 1. The zero-order chi connectivity index (χ0) is 9.14. The lowest BCUT2D eigenvalue weighted by atomic mass is 10.6. The monoisotopic (exact) mass is 186 g/mol. The molecule has 0 bridgehead atoms. The van der Waals surface area contributed by atoms with E-state index in [0.29, 0.717) is 0 Å². The minimum atomic E-state index is -0.484. The van der Waals surface area contributed by atoms with Gasteiger partial charge >= 0.3 is 6.03 Å². The molecule has 0 aliphatic heterocycles. The van der Waals surface area contributed by atoms with Crippen LogP contribution in [0.15, 0.2) is 12.1 Å². The third kappa shape index (κ3) is 1.62. The van der Waals surface area contributed by atoms with E-state index in [2.05, 4.69) is 10.4 Å². The van der Waals surface area contributed by atoms with Crippen LogP contribution in [0.3, 0.4) is 0 Å². The lowest BCUT2D eigenvalue weighted by molar-refractivity contribution is 0.240. The summed E-state index contributed by atoms with van der Waals surface area (Å²) < 4.78 is 0.877. The first-order valence-corrected chi connectivity index (χ1v) is 3.55. The molecule has 0 fully saturated rings. The fourth-order valence-electron chi connectivity index (χ4n) is 0.662. The van der Waals surface area contributed by atoms with E-state index < -0.39 is 6.03 Å². The summed E-state index contributed by atoms with van der Waals surface area (Å²) in [4.78, 5) is 11.0. The molecule has 0 spiro atoms. The van der Waals surface area contributed by atoms with Gasteiger partial charge in [0.2, 0.25) is 0 Å². The Balaban J connectivity index is 3.23. The molecule has 0 aromatic carbocycles. The number of nitrogens with zero attached hydrogens (tertiary/aromatic N) is 2. The first-order valence-electron chi connectivity index (χ1n) is 3.17. The molecular formula is C6H7ClN4O. The van der Waals surface area contributed by atoms with Gasteiger partial charge in [0, 0.05) is 7.05 Å². The van der Waals surface area contributed by atoms with Crippen LogP contribution in [-0.4, -0.2) is 22.9 Å². The largest absolute Gasteiger partial charge is 0.343 e. The van der Waals surface area contributed by atoms with Crippen LogP contribution in [0.2, 0.25) is 5.15 Å². The second kappa shape index (κ2) is 3.36. The van der Waals surface area contributed by atoms with Crippen LogP contribution in [0.25, 0.3) is 0 Å². The smallest absolute Gasteiger partial charge is 0.339 e. The van der Waals surface area contributed by atoms with Gasteiger partial charge in [-0.25, -0.2) is 4.79 Å². The number of carbonyl (C=O) groups is 1. The number of rotatable bonds is 0. The predicted octanol–water partition coefficient (Wildman–Crippen LogP) is 0.203. The second-order valence-corrected chi connectivity index (χ2v) is 2.40.